The summed E-state index contributed by atoms with van der Waals surface area (Å²) in [5.74, 6) is -0.929. The fourth-order valence-corrected chi connectivity index (χ4v) is 7.75. The van der Waals surface area contributed by atoms with Crippen molar-refractivity contribution in [3.8, 4) is 0 Å². The molecule has 0 amide bonds. The lowest BCUT2D eigenvalue weighted by Crippen LogP contribution is -2.30. The molecule has 0 N–H and O–H groups in total. The minimum absolute atomic E-state index is 0.0922. The van der Waals surface area contributed by atoms with Crippen LogP contribution in [0.15, 0.2) is 122 Å². The number of rotatable bonds is 52. The topological polar surface area (TPSA) is 78.9 Å². The second-order valence-electron chi connectivity index (χ2n) is 19.2. The maximum Gasteiger partial charge on any atom is 0.306 e. The van der Waals surface area contributed by atoms with Crippen LogP contribution < -0.4 is 0 Å². The van der Waals surface area contributed by atoms with Gasteiger partial charge in [0.1, 0.15) is 13.2 Å². The molecule has 0 saturated heterocycles. The highest BCUT2D eigenvalue weighted by atomic mass is 16.6. The Morgan fingerprint density at radius 1 is 0.292 bits per heavy atom. The molecule has 1 atom stereocenters. The van der Waals surface area contributed by atoms with E-state index in [1.807, 2.05) is 0 Å². The summed E-state index contributed by atoms with van der Waals surface area (Å²) in [5, 5.41) is 0. The molecule has 0 aliphatic heterocycles. The van der Waals surface area contributed by atoms with Crippen LogP contribution in [0.2, 0.25) is 0 Å². The fraction of sp³-hybridized carbons (Fsp3) is 0.652. The first-order chi connectivity index (χ1) is 35.5. The lowest BCUT2D eigenvalue weighted by molar-refractivity contribution is -0.167. The van der Waals surface area contributed by atoms with Crippen LogP contribution >= 0.6 is 0 Å². The second kappa shape index (κ2) is 59.4. The summed E-state index contributed by atoms with van der Waals surface area (Å²) in [6, 6.07) is 0. The molecule has 72 heavy (non-hydrogen) atoms. The highest BCUT2D eigenvalue weighted by Gasteiger charge is 2.19. The molecule has 0 rings (SSSR count). The molecule has 0 heterocycles. The number of hydrogen-bond acceptors (Lipinski definition) is 6. The Bertz CT molecular complexity index is 1520. The summed E-state index contributed by atoms with van der Waals surface area (Å²) in [5.41, 5.74) is 0. The van der Waals surface area contributed by atoms with E-state index < -0.39 is 6.10 Å². The number of allylic oxidation sites excluding steroid dienone is 20. The summed E-state index contributed by atoms with van der Waals surface area (Å²) in [7, 11) is 0. The van der Waals surface area contributed by atoms with Crippen molar-refractivity contribution in [2.24, 2.45) is 0 Å². The first-order valence-corrected chi connectivity index (χ1v) is 29.5. The van der Waals surface area contributed by atoms with Crippen LogP contribution in [-0.4, -0.2) is 37.2 Å². The molecule has 408 valence electrons. The van der Waals surface area contributed by atoms with Crippen molar-refractivity contribution in [1.82, 2.24) is 0 Å². The molecule has 0 radical (unpaired) electrons. The Labute approximate surface area is 443 Å². The van der Waals surface area contributed by atoms with Gasteiger partial charge in [-0.15, -0.1) is 0 Å². The number of hydrogen-bond donors (Lipinski definition) is 0. The van der Waals surface area contributed by atoms with Gasteiger partial charge in [0.2, 0.25) is 0 Å². The maximum absolute atomic E-state index is 12.8. The summed E-state index contributed by atoms with van der Waals surface area (Å²) in [4.78, 5) is 38.0. The average Bonchev–Trinajstić information content (AvgIpc) is 3.38. The fourth-order valence-electron chi connectivity index (χ4n) is 7.75. The number of carbonyl (C=O) groups is 3. The first-order valence-electron chi connectivity index (χ1n) is 29.5. The van der Waals surface area contributed by atoms with Gasteiger partial charge in [0, 0.05) is 19.3 Å². The molecule has 6 heteroatoms. The van der Waals surface area contributed by atoms with Crippen LogP contribution in [0.4, 0.5) is 0 Å². The third kappa shape index (κ3) is 56.7. The quantitative estimate of drug-likeness (QED) is 0.0261. The smallest absolute Gasteiger partial charge is 0.306 e. The molecule has 6 nitrogen and oxygen atoms in total. The van der Waals surface area contributed by atoms with E-state index in [-0.39, 0.29) is 31.1 Å². The maximum atomic E-state index is 12.8. The van der Waals surface area contributed by atoms with E-state index in [0.29, 0.717) is 19.3 Å². The van der Waals surface area contributed by atoms with Gasteiger partial charge in [-0.05, 0) is 128 Å². The van der Waals surface area contributed by atoms with Crippen molar-refractivity contribution >= 4 is 17.9 Å². The Morgan fingerprint density at radius 3 is 0.917 bits per heavy atom. The minimum atomic E-state index is -0.793. The zero-order valence-corrected chi connectivity index (χ0v) is 46.7. The minimum Gasteiger partial charge on any atom is -0.462 e. The van der Waals surface area contributed by atoms with Gasteiger partial charge in [-0.3, -0.25) is 14.4 Å². The molecule has 0 bridgehead atoms. The zero-order valence-electron chi connectivity index (χ0n) is 46.7. The first kappa shape index (κ1) is 67.8. The Morgan fingerprint density at radius 2 is 0.569 bits per heavy atom. The molecular formula is C66H108O6. The Hall–Kier alpha value is -4.19. The van der Waals surface area contributed by atoms with Gasteiger partial charge in [0.25, 0.3) is 0 Å². The predicted molar refractivity (Wildman–Crippen MR) is 311 cm³/mol. The molecule has 0 aromatic rings. The molecule has 1 unspecified atom stereocenters. The third-order valence-corrected chi connectivity index (χ3v) is 12.2. The molecule has 0 aliphatic rings. The lowest BCUT2D eigenvalue weighted by Gasteiger charge is -2.18. The van der Waals surface area contributed by atoms with Crippen molar-refractivity contribution in [2.45, 2.75) is 264 Å². The van der Waals surface area contributed by atoms with Gasteiger partial charge in [-0.2, -0.15) is 0 Å². The molecule has 0 aromatic heterocycles. The monoisotopic (exact) mass is 997 g/mol. The summed E-state index contributed by atoms with van der Waals surface area (Å²) < 4.78 is 16.8. The van der Waals surface area contributed by atoms with Gasteiger partial charge in [0.05, 0.1) is 0 Å². The molecular weight excluding hydrogens is 889 g/mol. The SMILES string of the molecule is CC/C=C\C/C=C\C/C=C\C/C=C\C/C=C\C/C=C\C/C=C\C/C=C\CCCCCCCCC(=O)OCC(COC(=O)CCCCCCC/C=C\CCC)OC(=O)CCCCCCC/C=C\CCCCCC. The average molecular weight is 998 g/mol. The molecule has 0 fully saturated rings. The van der Waals surface area contributed by atoms with E-state index in [1.54, 1.807) is 0 Å². The predicted octanol–water partition coefficient (Wildman–Crippen LogP) is 20.0. The highest BCUT2D eigenvalue weighted by Crippen LogP contribution is 2.14. The standard InChI is InChI=1S/C66H108O6/c1-4-7-10-13-16-19-22-24-25-26-27-28-29-30-31-32-33-34-35-36-37-38-39-40-41-43-44-47-50-53-56-59-65(68)71-62-63(61-70-64(67)58-55-52-49-46-21-18-15-12-9-6-3)72-66(69)60-57-54-51-48-45-42-23-20-17-14-11-8-5-2/h7,10,12,15-16,19-20,23-25,27-28,30-31,33-34,36-37,39-40,63H,4-6,8-9,11,13-14,17-18,21-22,26,29,32,35,38,41-62H2,1-3H3/b10-7-,15-12-,19-16-,23-20-,25-24-,28-27-,31-30-,34-33-,37-36-,40-39-. The second-order valence-corrected chi connectivity index (χ2v) is 19.2. The van der Waals surface area contributed by atoms with E-state index in [9.17, 15) is 14.4 Å². The summed E-state index contributed by atoms with van der Waals surface area (Å²) >= 11 is 0. The number of carbonyl (C=O) groups excluding carboxylic acids is 3. The summed E-state index contributed by atoms with van der Waals surface area (Å²) in [6.45, 7) is 6.41. The lowest BCUT2D eigenvalue weighted by atomic mass is 10.1. The molecule has 0 spiro atoms. The van der Waals surface area contributed by atoms with E-state index in [2.05, 4.69) is 142 Å². The van der Waals surface area contributed by atoms with E-state index in [1.165, 1.54) is 64.2 Å². The number of unbranched alkanes of at least 4 members (excludes halogenated alkanes) is 21. The largest absolute Gasteiger partial charge is 0.462 e. The normalized spacial score (nSPS) is 13.0. The van der Waals surface area contributed by atoms with Crippen molar-refractivity contribution in [3.63, 3.8) is 0 Å². The van der Waals surface area contributed by atoms with Crippen LogP contribution in [0, 0.1) is 0 Å². The molecule has 0 aliphatic carbocycles. The van der Waals surface area contributed by atoms with Crippen molar-refractivity contribution in [1.29, 1.82) is 0 Å². The summed E-state index contributed by atoms with van der Waals surface area (Å²) in [6.07, 6.45) is 82.0. The van der Waals surface area contributed by atoms with Gasteiger partial charge in [-0.1, -0.05) is 232 Å². The van der Waals surface area contributed by atoms with Crippen molar-refractivity contribution < 1.29 is 28.6 Å². The van der Waals surface area contributed by atoms with Gasteiger partial charge in [-0.25, -0.2) is 0 Å². The van der Waals surface area contributed by atoms with Crippen LogP contribution in [0.25, 0.3) is 0 Å². The molecule has 0 aromatic carbocycles. The van der Waals surface area contributed by atoms with Gasteiger partial charge >= 0.3 is 17.9 Å². The van der Waals surface area contributed by atoms with Crippen LogP contribution in [-0.2, 0) is 28.6 Å². The van der Waals surface area contributed by atoms with Crippen molar-refractivity contribution in [2.75, 3.05) is 13.2 Å². The van der Waals surface area contributed by atoms with Crippen LogP contribution in [0.5, 0.6) is 0 Å². The zero-order chi connectivity index (χ0) is 52.2. The van der Waals surface area contributed by atoms with Crippen LogP contribution in [0.1, 0.15) is 258 Å². The van der Waals surface area contributed by atoms with E-state index in [4.69, 9.17) is 14.2 Å². The number of esters is 3. The molecule has 0 saturated carbocycles. The van der Waals surface area contributed by atoms with E-state index in [0.717, 1.165) is 154 Å². The van der Waals surface area contributed by atoms with Gasteiger partial charge < -0.3 is 14.2 Å². The highest BCUT2D eigenvalue weighted by molar-refractivity contribution is 5.71. The number of ether oxygens (including phenoxy) is 3. The Kier molecular flexibility index (Phi) is 55.9. The van der Waals surface area contributed by atoms with E-state index >= 15 is 0 Å². The van der Waals surface area contributed by atoms with Gasteiger partial charge in [0.15, 0.2) is 6.10 Å². The Balaban J connectivity index is 4.26. The third-order valence-electron chi connectivity index (χ3n) is 12.2. The van der Waals surface area contributed by atoms with Crippen molar-refractivity contribution in [3.05, 3.63) is 122 Å². The van der Waals surface area contributed by atoms with Crippen LogP contribution in [0.3, 0.4) is 0 Å².